The van der Waals surface area contributed by atoms with E-state index in [1.165, 1.54) is 21.8 Å². The molecule has 0 radical (unpaired) electrons. The second-order valence-electron chi connectivity index (χ2n) is 9.65. The third kappa shape index (κ3) is 3.39. The summed E-state index contributed by atoms with van der Waals surface area (Å²) in [6.45, 7) is 8.35. The van der Waals surface area contributed by atoms with E-state index in [0.717, 1.165) is 41.5 Å². The first-order chi connectivity index (χ1) is 16.6. The van der Waals surface area contributed by atoms with Crippen LogP contribution in [0.2, 0.25) is 0 Å². The van der Waals surface area contributed by atoms with Crippen LogP contribution < -0.4 is 10.3 Å². The van der Waals surface area contributed by atoms with Gasteiger partial charge in [0.25, 0.3) is 0 Å². The average molecular weight is 519 g/mol. The molecule has 3 aliphatic rings. The monoisotopic (exact) mass is 519 g/mol. The number of piperidine rings is 3. The number of rotatable bonds is 5. The van der Waals surface area contributed by atoms with Gasteiger partial charge in [-0.25, -0.2) is 0 Å². The van der Waals surface area contributed by atoms with E-state index in [2.05, 4.69) is 51.2 Å². The Morgan fingerprint density at radius 1 is 1.24 bits per heavy atom. The predicted octanol–water partition coefficient (Wildman–Crippen LogP) is 4.41. The molecule has 2 aromatic carbocycles. The van der Waals surface area contributed by atoms with Gasteiger partial charge in [-0.3, -0.25) is 0 Å². The Bertz CT molecular complexity index is 1460. The van der Waals surface area contributed by atoms with Crippen LogP contribution in [0.5, 0.6) is 5.75 Å². The van der Waals surface area contributed by atoms with Crippen LogP contribution in [0.15, 0.2) is 66.1 Å². The molecular weight excluding hydrogens is 489 g/mol. The van der Waals surface area contributed by atoms with Crippen LogP contribution in [0.4, 0.5) is 0 Å². The maximum absolute atomic E-state index is 13.9. The van der Waals surface area contributed by atoms with E-state index >= 15 is 0 Å². The Balaban J connectivity index is 1.59. The minimum absolute atomic E-state index is 0.0227. The number of fused-ring (bicyclic) bond motifs is 5. The molecule has 5 nitrogen and oxygen atoms in total. The number of aromatic nitrogens is 2. The van der Waals surface area contributed by atoms with Gasteiger partial charge in [-0.05, 0) is 0 Å². The summed E-state index contributed by atoms with van der Waals surface area (Å²) in [4.78, 5) is 21.1. The molecule has 3 aliphatic heterocycles. The first kappa shape index (κ1) is 21.8. The molecule has 3 saturated heterocycles. The third-order valence-corrected chi connectivity index (χ3v) is 10.7. The number of pyridine rings is 1. The summed E-state index contributed by atoms with van der Waals surface area (Å²) < 4.78 is 8.98. The average Bonchev–Trinajstić information content (AvgIpc) is 3.21. The van der Waals surface area contributed by atoms with Gasteiger partial charge in [0, 0.05) is 0 Å². The standard InChI is InChI=1S/C28H29N3O2Se/c1-4-18-16-30-13-11-19(18)14-25(30)26(31-28(32)22-7-5-6-17(2)27(22)34-31)21-10-12-29-24-9-8-20(33-3)15-23(21)24/h4-10,12,15,18-19,25-26H,1,11,13-14,16H2,2-3H3/t18-,19-,25-,26-/m0/s1. The van der Waals surface area contributed by atoms with Crippen molar-refractivity contribution in [1.29, 1.82) is 0 Å². The van der Waals surface area contributed by atoms with Gasteiger partial charge in [0.15, 0.2) is 0 Å². The van der Waals surface area contributed by atoms with E-state index in [1.54, 1.807) is 7.11 Å². The van der Waals surface area contributed by atoms with Crippen molar-refractivity contribution in [3.8, 4) is 5.75 Å². The van der Waals surface area contributed by atoms with Crippen LogP contribution in [-0.2, 0) is 0 Å². The molecule has 2 bridgehead atoms. The summed E-state index contributed by atoms with van der Waals surface area (Å²) >= 11 is -0.0630. The summed E-state index contributed by atoms with van der Waals surface area (Å²) in [5, 5.41) is 1.95. The van der Waals surface area contributed by atoms with E-state index < -0.39 is 0 Å². The van der Waals surface area contributed by atoms with Crippen LogP contribution in [0.25, 0.3) is 20.5 Å². The second kappa shape index (κ2) is 8.53. The number of benzene rings is 2. The fraction of sp³-hybridized carbons (Fsp3) is 0.357. The Labute approximate surface area is 205 Å². The Hall–Kier alpha value is -2.66. The van der Waals surface area contributed by atoms with Crippen molar-refractivity contribution in [2.75, 3.05) is 20.2 Å². The number of nitrogens with zero attached hydrogens (tertiary/aromatic N) is 3. The van der Waals surface area contributed by atoms with Crippen LogP contribution in [0.3, 0.4) is 0 Å². The van der Waals surface area contributed by atoms with Crippen LogP contribution in [0.1, 0.15) is 30.0 Å². The van der Waals surface area contributed by atoms with E-state index in [1.807, 2.05) is 30.5 Å². The summed E-state index contributed by atoms with van der Waals surface area (Å²) in [5.74, 6) is 1.99. The SMILES string of the molecule is C=C[C@H]1CN2CC[C@H]1C[C@H]2[C@H](c1ccnc2ccc(OC)cc12)n1[se]c2c(C)cccc2c1=O. The van der Waals surface area contributed by atoms with E-state index in [0.29, 0.717) is 11.8 Å². The molecule has 5 heterocycles. The number of hydrogen-bond donors (Lipinski definition) is 0. The topological polar surface area (TPSA) is 47.4 Å². The molecule has 0 spiro atoms. The maximum atomic E-state index is 13.9. The summed E-state index contributed by atoms with van der Waals surface area (Å²) in [7, 11) is 1.70. The quantitative estimate of drug-likeness (QED) is 0.290. The molecule has 7 rings (SSSR count). The Kier molecular flexibility index (Phi) is 5.48. The fourth-order valence-corrected chi connectivity index (χ4v) is 8.65. The number of methoxy groups -OCH3 is 1. The van der Waals surface area contributed by atoms with Gasteiger partial charge >= 0.3 is 206 Å². The third-order valence-electron chi connectivity index (χ3n) is 7.90. The van der Waals surface area contributed by atoms with E-state index in [9.17, 15) is 4.79 Å². The van der Waals surface area contributed by atoms with Crippen molar-refractivity contribution in [2.45, 2.75) is 31.8 Å². The molecular formula is C28H29N3O2Se. The molecule has 0 N–H and O–H groups in total. The van der Waals surface area contributed by atoms with Gasteiger partial charge in [0.05, 0.1) is 0 Å². The Morgan fingerprint density at radius 3 is 2.85 bits per heavy atom. The number of aryl methyl sites for hydroxylation is 1. The fourth-order valence-electron chi connectivity index (χ4n) is 6.11. The van der Waals surface area contributed by atoms with Gasteiger partial charge < -0.3 is 0 Å². The molecule has 34 heavy (non-hydrogen) atoms. The zero-order valence-electron chi connectivity index (χ0n) is 19.6. The minimum atomic E-state index is -0.0630. The van der Waals surface area contributed by atoms with Gasteiger partial charge in [-0.1, -0.05) is 0 Å². The molecule has 2 aromatic heterocycles. The van der Waals surface area contributed by atoms with Gasteiger partial charge in [0.1, 0.15) is 0 Å². The van der Waals surface area contributed by atoms with Crippen molar-refractivity contribution in [1.82, 2.24) is 13.4 Å². The van der Waals surface area contributed by atoms with E-state index in [-0.39, 0.29) is 32.4 Å². The zero-order valence-corrected chi connectivity index (χ0v) is 21.3. The summed E-state index contributed by atoms with van der Waals surface area (Å²) in [6, 6.07) is 14.6. The first-order valence-corrected chi connectivity index (χ1v) is 13.6. The summed E-state index contributed by atoms with van der Waals surface area (Å²) in [5.41, 5.74) is 3.50. The molecule has 1 unspecified atom stereocenters. The molecule has 3 fully saturated rings. The van der Waals surface area contributed by atoms with Gasteiger partial charge in [-0.15, -0.1) is 0 Å². The van der Waals surface area contributed by atoms with Crippen LogP contribution >= 0.6 is 0 Å². The van der Waals surface area contributed by atoms with Crippen molar-refractivity contribution in [3.63, 3.8) is 0 Å². The summed E-state index contributed by atoms with van der Waals surface area (Å²) in [6.07, 6.45) is 6.33. The Morgan fingerprint density at radius 2 is 2.12 bits per heavy atom. The van der Waals surface area contributed by atoms with E-state index in [4.69, 9.17) is 4.74 Å². The molecule has 4 aromatic rings. The van der Waals surface area contributed by atoms with Crippen molar-refractivity contribution < 1.29 is 4.74 Å². The molecule has 0 aliphatic carbocycles. The van der Waals surface area contributed by atoms with Gasteiger partial charge in [0.2, 0.25) is 0 Å². The number of ether oxygens (including phenoxy) is 1. The van der Waals surface area contributed by atoms with Crippen LogP contribution in [-0.4, -0.2) is 54.4 Å². The van der Waals surface area contributed by atoms with Crippen molar-refractivity contribution >= 4 is 35.3 Å². The van der Waals surface area contributed by atoms with Crippen molar-refractivity contribution in [2.24, 2.45) is 11.8 Å². The van der Waals surface area contributed by atoms with Crippen molar-refractivity contribution in [3.05, 3.63) is 82.8 Å². The molecule has 0 saturated carbocycles. The molecule has 6 heteroatoms. The molecule has 0 amide bonds. The molecule has 5 atom stereocenters. The molecule has 174 valence electrons. The number of hydrogen-bond acceptors (Lipinski definition) is 4. The van der Waals surface area contributed by atoms with Gasteiger partial charge in [-0.2, -0.15) is 0 Å². The van der Waals surface area contributed by atoms with Crippen LogP contribution in [0, 0.1) is 18.8 Å². The normalized spacial score (nSPS) is 25.0. The predicted molar refractivity (Wildman–Crippen MR) is 138 cm³/mol. The second-order valence-corrected chi connectivity index (χ2v) is 11.7. The first-order valence-electron chi connectivity index (χ1n) is 12.0. The zero-order chi connectivity index (χ0) is 23.4.